The molecule has 40 heavy (non-hydrogen) atoms. The molecule has 0 aliphatic heterocycles. The van der Waals surface area contributed by atoms with Gasteiger partial charge in [-0.3, -0.25) is 4.79 Å². The highest BCUT2D eigenvalue weighted by atomic mass is 32.1. The van der Waals surface area contributed by atoms with Crippen molar-refractivity contribution in [1.82, 2.24) is 0 Å². The molecule has 0 bridgehead atoms. The van der Waals surface area contributed by atoms with E-state index in [9.17, 15) is 31.1 Å². The van der Waals surface area contributed by atoms with Crippen LogP contribution in [0.2, 0.25) is 0 Å². The number of fused-ring (bicyclic) bond motifs is 1. The number of ether oxygens (including phenoxy) is 4. The maximum Gasteiger partial charge on any atom is 0.494 e. The summed E-state index contributed by atoms with van der Waals surface area (Å²) in [5.74, 6) is -0.627. The summed E-state index contributed by atoms with van der Waals surface area (Å²) in [6, 6.07) is 14.9. The number of rotatable bonds is 13. The van der Waals surface area contributed by atoms with E-state index in [0.717, 1.165) is 26.9 Å². The fraction of sp³-hybridized carbons (Fsp3) is 0.464. The summed E-state index contributed by atoms with van der Waals surface area (Å²) in [4.78, 5) is 12.6. The summed E-state index contributed by atoms with van der Waals surface area (Å²) >= 11 is 1.49. The van der Waals surface area contributed by atoms with Crippen molar-refractivity contribution >= 4 is 27.4 Å². The Kier molecular flexibility index (Phi) is 9.79. The molecule has 1 heterocycles. The highest BCUT2D eigenvalue weighted by Crippen LogP contribution is 2.38. The Labute approximate surface area is 232 Å². The molecular formula is C28H30F6O5S. The second kappa shape index (κ2) is 12.4. The number of alkyl halides is 6. The summed E-state index contributed by atoms with van der Waals surface area (Å²) in [5, 5.41) is 0.915. The van der Waals surface area contributed by atoms with Crippen molar-refractivity contribution in [2.24, 2.45) is 5.41 Å². The first kappa shape index (κ1) is 31.7. The molecule has 2 aromatic carbocycles. The van der Waals surface area contributed by atoms with E-state index in [0.29, 0.717) is 0 Å². The van der Waals surface area contributed by atoms with Crippen molar-refractivity contribution in [2.45, 2.75) is 65.5 Å². The molecule has 0 N–H and O–H groups in total. The number of aryl methyl sites for hydroxylation is 1. The average molecular weight is 593 g/mol. The largest absolute Gasteiger partial charge is 0.494 e. The van der Waals surface area contributed by atoms with Crippen molar-refractivity contribution < 1.29 is 50.1 Å². The fourth-order valence-electron chi connectivity index (χ4n) is 3.54. The van der Waals surface area contributed by atoms with Crippen molar-refractivity contribution in [1.29, 1.82) is 0 Å². The molecule has 3 rings (SSSR count). The number of esters is 1. The van der Waals surface area contributed by atoms with E-state index in [1.54, 1.807) is 18.2 Å². The number of halogens is 6. The molecule has 0 amide bonds. The topological polar surface area (TPSA) is 54.0 Å². The second-order valence-corrected chi connectivity index (χ2v) is 11.1. The van der Waals surface area contributed by atoms with Crippen molar-refractivity contribution in [2.75, 3.05) is 13.2 Å². The molecule has 3 aromatic rings. The van der Waals surface area contributed by atoms with Crippen LogP contribution in [-0.2, 0) is 25.4 Å². The minimum absolute atomic E-state index is 0.222. The summed E-state index contributed by atoms with van der Waals surface area (Å²) in [6.45, 7) is 4.72. The zero-order valence-electron chi connectivity index (χ0n) is 22.4. The zero-order chi connectivity index (χ0) is 29.8. The lowest BCUT2D eigenvalue weighted by atomic mass is 9.97. The van der Waals surface area contributed by atoms with Crippen LogP contribution in [0.5, 0.6) is 5.75 Å². The number of carbonyl (C=O) groups excluding carboxylic acids is 1. The van der Waals surface area contributed by atoms with Crippen LogP contribution in [0.3, 0.4) is 0 Å². The third kappa shape index (κ3) is 9.10. The van der Waals surface area contributed by atoms with Gasteiger partial charge in [0.05, 0.1) is 31.5 Å². The zero-order valence-corrected chi connectivity index (χ0v) is 23.2. The van der Waals surface area contributed by atoms with Gasteiger partial charge in [0, 0.05) is 9.58 Å². The second-order valence-electron chi connectivity index (χ2n) is 10.00. The maximum atomic E-state index is 14.0. The van der Waals surface area contributed by atoms with Crippen LogP contribution in [0, 0.1) is 5.41 Å². The molecule has 12 heteroatoms. The van der Waals surface area contributed by atoms with E-state index < -0.39 is 56.0 Å². The molecule has 0 unspecified atom stereocenters. The number of hydrogen-bond donors (Lipinski definition) is 0. The van der Waals surface area contributed by atoms with Gasteiger partial charge in [-0.15, -0.1) is 20.1 Å². The first-order valence-electron chi connectivity index (χ1n) is 12.5. The van der Waals surface area contributed by atoms with Gasteiger partial charge in [-0.05, 0) is 68.0 Å². The normalized spacial score (nSPS) is 13.1. The van der Waals surface area contributed by atoms with Gasteiger partial charge in [-0.25, -0.2) is 9.47 Å². The minimum atomic E-state index is -5.33. The summed E-state index contributed by atoms with van der Waals surface area (Å²) in [7, 11) is 0. The van der Waals surface area contributed by atoms with E-state index in [2.05, 4.69) is 21.1 Å². The van der Waals surface area contributed by atoms with Crippen LogP contribution >= 0.6 is 11.3 Å². The van der Waals surface area contributed by atoms with Gasteiger partial charge < -0.3 is 9.47 Å². The first-order valence-corrected chi connectivity index (χ1v) is 13.3. The molecule has 0 spiro atoms. The lowest BCUT2D eigenvalue weighted by Crippen LogP contribution is -2.41. The Bertz CT molecular complexity index is 1300. The number of carbonyl (C=O) groups is 1. The first-order chi connectivity index (χ1) is 18.5. The summed E-state index contributed by atoms with van der Waals surface area (Å²) in [5.41, 5.74) is 1.26. The van der Waals surface area contributed by atoms with Gasteiger partial charge in [-0.1, -0.05) is 31.2 Å². The predicted octanol–water partition coefficient (Wildman–Crippen LogP) is 8.65. The molecule has 0 fully saturated rings. The van der Waals surface area contributed by atoms with Gasteiger partial charge >= 0.3 is 24.5 Å². The Morgan fingerprint density at radius 3 is 2.10 bits per heavy atom. The lowest BCUT2D eigenvalue weighted by molar-refractivity contribution is -0.514. The molecule has 1 aromatic heterocycles. The van der Waals surface area contributed by atoms with Crippen molar-refractivity contribution in [3.8, 4) is 16.2 Å². The quantitative estimate of drug-likeness (QED) is 0.113. The van der Waals surface area contributed by atoms with Crippen molar-refractivity contribution in [3.63, 3.8) is 0 Å². The van der Waals surface area contributed by atoms with Gasteiger partial charge in [-0.2, -0.15) is 17.6 Å². The predicted molar refractivity (Wildman–Crippen MR) is 139 cm³/mol. The molecule has 5 nitrogen and oxygen atoms in total. The molecule has 220 valence electrons. The highest BCUT2D eigenvalue weighted by molar-refractivity contribution is 7.22. The molecule has 0 aliphatic rings. The maximum absolute atomic E-state index is 14.0. The fourth-order valence-corrected chi connectivity index (χ4v) is 4.69. The smallest absolute Gasteiger partial charge is 0.493 e. The average Bonchev–Trinajstić information content (AvgIpc) is 3.25. The number of hydrogen-bond acceptors (Lipinski definition) is 6. The number of thiophene rings is 1. The van der Waals surface area contributed by atoms with Gasteiger partial charge in [0.15, 0.2) is 0 Å². The number of benzene rings is 2. The third-order valence-electron chi connectivity index (χ3n) is 5.59. The lowest BCUT2D eigenvalue weighted by Gasteiger charge is -2.26. The Morgan fingerprint density at radius 1 is 0.850 bits per heavy atom. The van der Waals surface area contributed by atoms with E-state index in [-0.39, 0.29) is 5.75 Å². The molecule has 0 radical (unpaired) electrons. The van der Waals surface area contributed by atoms with E-state index in [1.165, 1.54) is 37.7 Å². The Hall–Kier alpha value is -2.83. The van der Waals surface area contributed by atoms with Gasteiger partial charge in [0.1, 0.15) is 5.75 Å². The van der Waals surface area contributed by atoms with Gasteiger partial charge in [0.2, 0.25) is 0 Å². The molecular weight excluding hydrogens is 562 g/mol. The van der Waals surface area contributed by atoms with E-state index in [4.69, 9.17) is 4.74 Å². The molecule has 0 aliphatic carbocycles. The van der Waals surface area contributed by atoms with Crippen LogP contribution in [0.15, 0.2) is 48.5 Å². The van der Waals surface area contributed by atoms with Crippen LogP contribution in [0.25, 0.3) is 20.5 Å². The molecule has 0 saturated heterocycles. The van der Waals surface area contributed by atoms with Crippen LogP contribution < -0.4 is 4.74 Å². The minimum Gasteiger partial charge on any atom is -0.493 e. The van der Waals surface area contributed by atoms with Crippen LogP contribution in [-0.4, -0.2) is 37.7 Å². The Morgan fingerprint density at radius 2 is 1.48 bits per heavy atom. The van der Waals surface area contributed by atoms with E-state index in [1.807, 2.05) is 30.3 Å². The summed E-state index contributed by atoms with van der Waals surface area (Å²) < 4.78 is 100. The van der Waals surface area contributed by atoms with Crippen LogP contribution in [0.4, 0.5) is 26.3 Å². The summed E-state index contributed by atoms with van der Waals surface area (Å²) in [6.07, 6.45) is -16.5. The highest BCUT2D eigenvalue weighted by Gasteiger charge is 2.52. The van der Waals surface area contributed by atoms with Gasteiger partial charge in [0.25, 0.3) is 0 Å². The van der Waals surface area contributed by atoms with Crippen molar-refractivity contribution in [3.05, 3.63) is 54.1 Å². The Balaban J connectivity index is 1.53. The molecule has 0 atom stereocenters. The standard InChI is InChI=1S/C28H30F6O5S/c1-5-18-8-6-7-9-21(18)23-16-19-10-11-20(17-22(19)40-23)36-14-12-26(29,30)38-28(33,34)39-27(31,32)13-15-37-24(35)25(2,3)4/h6-11,16-17H,5,12-15H2,1-4H3. The van der Waals surface area contributed by atoms with Crippen LogP contribution in [0.1, 0.15) is 46.1 Å². The van der Waals surface area contributed by atoms with E-state index >= 15 is 0 Å². The molecule has 0 saturated carbocycles. The monoisotopic (exact) mass is 592 g/mol. The SMILES string of the molecule is CCc1ccccc1-c1cc2ccc(OCCC(F)(F)OC(F)(F)OC(F)(F)CCOC(=O)C(C)(C)C)cc2s1. The third-order valence-corrected chi connectivity index (χ3v) is 6.72.